The molecule has 194 valence electrons. The minimum Gasteiger partial charge on any atom is -0.378 e. The topological polar surface area (TPSA) is 87.6 Å². The van der Waals surface area contributed by atoms with Crippen LogP contribution in [-0.4, -0.2) is 69.3 Å². The molecule has 0 saturated carbocycles. The number of nitrogens with one attached hydrogen (secondary N) is 2. The number of nitrogens with zero attached hydrogens (tertiary/aromatic N) is 4. The Bertz CT molecular complexity index is 1470. The number of hydrogen-bond acceptors (Lipinski definition) is 6. The van der Waals surface area contributed by atoms with E-state index in [1.54, 1.807) is 6.33 Å². The average molecular weight is 519 g/mol. The van der Waals surface area contributed by atoms with Crippen LogP contribution in [0.2, 0.25) is 0 Å². The highest BCUT2D eigenvalue weighted by atomic mass is 32.1. The summed E-state index contributed by atoms with van der Waals surface area (Å²) >= 11 is 1.90. The van der Waals surface area contributed by atoms with Gasteiger partial charge in [-0.2, -0.15) is 5.10 Å². The summed E-state index contributed by atoms with van der Waals surface area (Å²) in [6.07, 6.45) is 9.23. The molecule has 6 heterocycles. The Morgan fingerprint density at radius 3 is 2.84 bits per heavy atom. The van der Waals surface area contributed by atoms with Crippen LogP contribution in [-0.2, 0) is 22.4 Å². The number of hydrogen-bond donors (Lipinski definition) is 2. The van der Waals surface area contributed by atoms with Crippen molar-refractivity contribution >= 4 is 33.1 Å². The van der Waals surface area contributed by atoms with E-state index >= 15 is 0 Å². The van der Waals surface area contributed by atoms with Crippen LogP contribution in [0.5, 0.6) is 0 Å². The second-order valence-electron chi connectivity index (χ2n) is 11.0. The lowest BCUT2D eigenvalue weighted by Gasteiger charge is -2.35. The summed E-state index contributed by atoms with van der Waals surface area (Å²) in [4.78, 5) is 26.0. The van der Waals surface area contributed by atoms with Crippen molar-refractivity contribution in [3.8, 4) is 11.3 Å². The third-order valence-electron chi connectivity index (χ3n) is 8.46. The second kappa shape index (κ2) is 9.22. The van der Waals surface area contributed by atoms with Crippen LogP contribution in [0.1, 0.15) is 66.5 Å². The zero-order valence-electron chi connectivity index (χ0n) is 21.5. The standard InChI is InChI=1S/C28H34N6O2S/c1-16(2)24-20-12-23(17-6-9-33(10-7-17)28(35)22-14-36-11-8-29-22)37-27(20)32-25(24)21-13-34-26(30-15-31-34)19-5-3-4-18(19)21/h12-13,15-17,22,29,32H,3-11,14H2,1-2H3/t22-/m1/s1. The molecule has 2 fully saturated rings. The number of rotatable bonds is 4. The minimum atomic E-state index is -0.185. The lowest BCUT2D eigenvalue weighted by atomic mass is 9.92. The molecule has 0 unspecified atom stereocenters. The van der Waals surface area contributed by atoms with Crippen molar-refractivity contribution < 1.29 is 9.53 Å². The first-order valence-corrected chi connectivity index (χ1v) is 14.5. The van der Waals surface area contributed by atoms with Crippen molar-refractivity contribution in [3.05, 3.63) is 40.2 Å². The molecule has 1 atom stereocenters. The molecule has 4 aromatic rings. The van der Waals surface area contributed by atoms with Crippen LogP contribution < -0.4 is 5.32 Å². The molecule has 4 aromatic heterocycles. The number of aryl methyl sites for hydroxylation is 1. The monoisotopic (exact) mass is 518 g/mol. The smallest absolute Gasteiger partial charge is 0.242 e. The van der Waals surface area contributed by atoms with Gasteiger partial charge in [0.2, 0.25) is 5.91 Å². The van der Waals surface area contributed by atoms with Crippen molar-refractivity contribution in [3.63, 3.8) is 0 Å². The maximum absolute atomic E-state index is 12.9. The third-order valence-corrected chi connectivity index (χ3v) is 9.67. The molecule has 1 aliphatic carbocycles. The molecule has 2 N–H and O–H groups in total. The number of carbonyl (C=O) groups is 1. The van der Waals surface area contributed by atoms with Gasteiger partial charge in [-0.25, -0.2) is 9.50 Å². The largest absolute Gasteiger partial charge is 0.378 e. The molecule has 8 nitrogen and oxygen atoms in total. The number of morpholine rings is 1. The van der Waals surface area contributed by atoms with E-state index in [2.05, 4.69) is 46.5 Å². The van der Waals surface area contributed by atoms with E-state index in [1.807, 2.05) is 20.8 Å². The van der Waals surface area contributed by atoms with Crippen LogP contribution in [0.4, 0.5) is 0 Å². The molecule has 3 aliphatic rings. The molecule has 2 saturated heterocycles. The molecule has 0 bridgehead atoms. The number of aromatic nitrogens is 4. The average Bonchev–Trinajstić information content (AvgIpc) is 3.70. The molecule has 9 heteroatoms. The molecule has 0 radical (unpaired) electrons. The highest BCUT2D eigenvalue weighted by Crippen LogP contribution is 2.45. The third kappa shape index (κ3) is 3.90. The number of H-pyrrole nitrogens is 1. The Hall–Kier alpha value is -2.75. The first-order chi connectivity index (χ1) is 18.1. The summed E-state index contributed by atoms with van der Waals surface area (Å²) in [5.74, 6) is 1.10. The van der Waals surface area contributed by atoms with Gasteiger partial charge in [0.05, 0.1) is 18.9 Å². The molecule has 0 aromatic carbocycles. The van der Waals surface area contributed by atoms with Gasteiger partial charge in [0.1, 0.15) is 17.2 Å². The van der Waals surface area contributed by atoms with Crippen molar-refractivity contribution in [2.45, 2.75) is 63.8 Å². The summed E-state index contributed by atoms with van der Waals surface area (Å²) in [7, 11) is 0. The molecule has 7 rings (SSSR count). The highest BCUT2D eigenvalue weighted by Gasteiger charge is 2.31. The minimum absolute atomic E-state index is 0.185. The SMILES string of the molecule is CC(C)c1c(-c2cn3ncnc3c3c2CCC3)[nH]c2sc(C3CCN(C(=O)[C@H]4COCCN4)CC3)cc12. The van der Waals surface area contributed by atoms with E-state index in [0.29, 0.717) is 25.0 Å². The lowest BCUT2D eigenvalue weighted by molar-refractivity contribution is -0.137. The van der Waals surface area contributed by atoms with Crippen molar-refractivity contribution in [1.29, 1.82) is 0 Å². The number of ether oxygens (including phenoxy) is 1. The number of piperidine rings is 1. The van der Waals surface area contributed by atoms with Crippen molar-refractivity contribution in [1.82, 2.24) is 29.8 Å². The second-order valence-corrected chi connectivity index (χ2v) is 12.1. The fourth-order valence-corrected chi connectivity index (χ4v) is 7.87. The summed E-state index contributed by atoms with van der Waals surface area (Å²) in [5.41, 5.74) is 7.75. The van der Waals surface area contributed by atoms with Gasteiger partial charge in [0.15, 0.2) is 5.65 Å². The number of aromatic amines is 1. The Kier molecular flexibility index (Phi) is 5.82. The van der Waals surface area contributed by atoms with Gasteiger partial charge in [0.25, 0.3) is 0 Å². The van der Waals surface area contributed by atoms with Crippen molar-refractivity contribution in [2.24, 2.45) is 0 Å². The maximum atomic E-state index is 12.9. The number of carbonyl (C=O) groups excluding carboxylic acids is 1. The number of likely N-dealkylation sites (tertiary alicyclic amines) is 1. The van der Waals surface area contributed by atoms with Crippen molar-refractivity contribution in [2.75, 3.05) is 32.8 Å². The van der Waals surface area contributed by atoms with Gasteiger partial charge in [-0.1, -0.05) is 13.8 Å². The van der Waals surface area contributed by atoms with Gasteiger partial charge >= 0.3 is 0 Å². The van der Waals surface area contributed by atoms with Crippen LogP contribution >= 0.6 is 11.3 Å². The normalized spacial score (nSPS) is 20.9. The highest BCUT2D eigenvalue weighted by molar-refractivity contribution is 7.18. The van der Waals surface area contributed by atoms with Crippen LogP contribution in [0.3, 0.4) is 0 Å². The predicted molar refractivity (Wildman–Crippen MR) is 145 cm³/mol. The van der Waals surface area contributed by atoms with Gasteiger partial charge in [-0.15, -0.1) is 11.3 Å². The van der Waals surface area contributed by atoms with Crippen LogP contribution in [0.25, 0.3) is 27.1 Å². The predicted octanol–water partition coefficient (Wildman–Crippen LogP) is 4.25. The number of pyridine rings is 1. The first-order valence-electron chi connectivity index (χ1n) is 13.7. The fourth-order valence-electron chi connectivity index (χ4n) is 6.62. The van der Waals surface area contributed by atoms with Crippen LogP contribution in [0, 0.1) is 0 Å². The number of thiophene rings is 1. The molecule has 2 aliphatic heterocycles. The number of fused-ring (bicyclic) bond motifs is 4. The fraction of sp³-hybridized carbons (Fsp3) is 0.536. The zero-order valence-corrected chi connectivity index (χ0v) is 22.4. The summed E-state index contributed by atoms with van der Waals surface area (Å²) in [5, 5.41) is 9.14. The first kappa shape index (κ1) is 23.4. The van der Waals surface area contributed by atoms with E-state index in [4.69, 9.17) is 4.74 Å². The molecule has 0 spiro atoms. The Morgan fingerprint density at radius 2 is 2.05 bits per heavy atom. The van der Waals surface area contributed by atoms with E-state index in [-0.39, 0.29) is 11.9 Å². The molecule has 1 amide bonds. The summed E-state index contributed by atoms with van der Waals surface area (Å²) in [6, 6.07) is 2.25. The van der Waals surface area contributed by atoms with E-state index in [0.717, 1.165) is 51.0 Å². The number of amides is 1. The van der Waals surface area contributed by atoms with E-state index in [9.17, 15) is 4.79 Å². The Balaban J connectivity index is 1.17. The van der Waals surface area contributed by atoms with Gasteiger partial charge < -0.3 is 19.9 Å². The van der Waals surface area contributed by atoms with Crippen LogP contribution in [0.15, 0.2) is 18.6 Å². The van der Waals surface area contributed by atoms with E-state index in [1.165, 1.54) is 49.5 Å². The molecular formula is C28H34N6O2S. The Labute approximate surface area is 220 Å². The Morgan fingerprint density at radius 1 is 1.22 bits per heavy atom. The lowest BCUT2D eigenvalue weighted by Crippen LogP contribution is -2.53. The summed E-state index contributed by atoms with van der Waals surface area (Å²) < 4.78 is 7.46. The van der Waals surface area contributed by atoms with E-state index < -0.39 is 0 Å². The quantitative estimate of drug-likeness (QED) is 0.422. The maximum Gasteiger partial charge on any atom is 0.242 e. The van der Waals surface area contributed by atoms with Gasteiger partial charge in [-0.3, -0.25) is 4.79 Å². The zero-order chi connectivity index (χ0) is 25.1. The molecule has 37 heavy (non-hydrogen) atoms. The van der Waals surface area contributed by atoms with Gasteiger partial charge in [-0.05, 0) is 61.1 Å². The molecular weight excluding hydrogens is 484 g/mol. The van der Waals surface area contributed by atoms with Gasteiger partial charge in [0, 0.05) is 47.2 Å². The summed E-state index contributed by atoms with van der Waals surface area (Å²) in [6.45, 7) is 8.16.